The summed E-state index contributed by atoms with van der Waals surface area (Å²) in [6, 6.07) is 6.72. The molecule has 1 saturated heterocycles. The van der Waals surface area contributed by atoms with Crippen molar-refractivity contribution in [3.8, 4) is 17.6 Å². The lowest BCUT2D eigenvalue weighted by Gasteiger charge is -2.33. The van der Waals surface area contributed by atoms with Gasteiger partial charge in [-0.3, -0.25) is 0 Å². The van der Waals surface area contributed by atoms with Gasteiger partial charge in [-0.05, 0) is 43.7 Å². The highest BCUT2D eigenvalue weighted by atomic mass is 32.2. The van der Waals surface area contributed by atoms with Crippen molar-refractivity contribution in [3.05, 3.63) is 47.9 Å². The van der Waals surface area contributed by atoms with Gasteiger partial charge in [0.05, 0.1) is 48.1 Å². The molecular weight excluding hydrogens is 540 g/mol. The number of nitrogens with one attached hydrogen (secondary N) is 2. The molecule has 0 spiro atoms. The Balaban J connectivity index is 1.61. The lowest BCUT2D eigenvalue weighted by Crippen LogP contribution is -2.46. The quantitative estimate of drug-likeness (QED) is 0.297. The number of alkyl halides is 4. The molecule has 1 aliphatic rings. The number of sulfonamides is 1. The molecule has 4 rings (SSSR count). The molecule has 1 aliphatic heterocycles. The number of likely N-dealkylation sites (tertiary alicyclic amines) is 1. The molecule has 4 N–H and O–H groups in total. The van der Waals surface area contributed by atoms with E-state index in [0.29, 0.717) is 24.3 Å². The molecular formula is C25H28F4N6O3S. The number of imidazole rings is 1. The molecule has 2 atom stereocenters. The Kier molecular flexibility index (Phi) is 8.24. The lowest BCUT2D eigenvalue weighted by molar-refractivity contribution is -0.128. The molecule has 3 heterocycles. The monoisotopic (exact) mass is 568 g/mol. The fraction of sp³-hybridized carbons (Fsp3) is 0.400. The third-order valence-corrected chi connectivity index (χ3v) is 7.19. The van der Waals surface area contributed by atoms with Crippen LogP contribution < -0.4 is 20.5 Å². The van der Waals surface area contributed by atoms with Gasteiger partial charge in [0.1, 0.15) is 17.6 Å². The van der Waals surface area contributed by atoms with Gasteiger partial charge >= 0.3 is 6.18 Å². The maximum Gasteiger partial charge on any atom is 0.394 e. The number of aromatic nitrogens is 2. The zero-order valence-corrected chi connectivity index (χ0v) is 22.0. The van der Waals surface area contributed by atoms with Gasteiger partial charge < -0.3 is 24.7 Å². The Morgan fingerprint density at radius 2 is 2.03 bits per heavy atom. The van der Waals surface area contributed by atoms with Gasteiger partial charge in [0.25, 0.3) is 0 Å². The summed E-state index contributed by atoms with van der Waals surface area (Å²) in [5.41, 5.74) is 0.864. The van der Waals surface area contributed by atoms with E-state index in [9.17, 15) is 26.0 Å². The van der Waals surface area contributed by atoms with Crippen molar-refractivity contribution >= 4 is 27.0 Å². The molecule has 39 heavy (non-hydrogen) atoms. The molecule has 0 amide bonds. The molecule has 3 aromatic rings. The van der Waals surface area contributed by atoms with E-state index in [1.807, 2.05) is 11.9 Å². The first-order chi connectivity index (χ1) is 18.4. The summed E-state index contributed by atoms with van der Waals surface area (Å²) in [5, 5.41) is 11.2. The molecule has 0 radical (unpaired) electrons. The largest absolute Gasteiger partial charge is 0.495 e. The van der Waals surface area contributed by atoms with Crippen LogP contribution in [0.1, 0.15) is 17.8 Å². The summed E-state index contributed by atoms with van der Waals surface area (Å²) < 4.78 is 84.6. The van der Waals surface area contributed by atoms with Gasteiger partial charge in [0.2, 0.25) is 10.0 Å². The maximum absolute atomic E-state index is 14.6. The highest BCUT2D eigenvalue weighted by molar-refractivity contribution is 7.89. The first-order valence-corrected chi connectivity index (χ1v) is 13.5. The summed E-state index contributed by atoms with van der Waals surface area (Å²) in [6.45, 7) is 0.941. The number of rotatable bonds is 7. The van der Waals surface area contributed by atoms with E-state index in [-0.39, 0.29) is 40.8 Å². The Morgan fingerprint density at radius 1 is 1.26 bits per heavy atom. The van der Waals surface area contributed by atoms with Crippen LogP contribution in [0.25, 0.3) is 5.65 Å². The van der Waals surface area contributed by atoms with E-state index in [1.54, 1.807) is 12.1 Å². The Morgan fingerprint density at radius 3 is 2.69 bits per heavy atom. The summed E-state index contributed by atoms with van der Waals surface area (Å²) in [4.78, 5) is 6.12. The summed E-state index contributed by atoms with van der Waals surface area (Å²) >= 11 is 0. The zero-order valence-electron chi connectivity index (χ0n) is 21.2. The molecule has 0 bridgehead atoms. The average molecular weight is 569 g/mol. The van der Waals surface area contributed by atoms with Crippen LogP contribution in [0.2, 0.25) is 0 Å². The number of hydrogen-bond donors (Lipinski definition) is 3. The van der Waals surface area contributed by atoms with Crippen molar-refractivity contribution in [3.63, 3.8) is 0 Å². The number of primary sulfonamides is 1. The van der Waals surface area contributed by atoms with Crippen LogP contribution in [0.4, 0.5) is 28.9 Å². The van der Waals surface area contributed by atoms with Gasteiger partial charge in [-0.25, -0.2) is 22.9 Å². The van der Waals surface area contributed by atoms with E-state index in [0.717, 1.165) is 0 Å². The van der Waals surface area contributed by atoms with Crippen LogP contribution in [0, 0.1) is 11.8 Å². The maximum atomic E-state index is 14.6. The number of methoxy groups -OCH3 is 1. The van der Waals surface area contributed by atoms with Gasteiger partial charge in [0.15, 0.2) is 5.65 Å². The van der Waals surface area contributed by atoms with Gasteiger partial charge in [-0.1, -0.05) is 5.92 Å². The number of nitrogens with zero attached hydrogens (tertiary/aromatic N) is 3. The molecule has 9 nitrogen and oxygen atoms in total. The number of fused-ring (bicyclic) bond motifs is 1. The van der Waals surface area contributed by atoms with Crippen LogP contribution in [-0.2, 0) is 16.4 Å². The molecule has 14 heteroatoms. The van der Waals surface area contributed by atoms with E-state index in [2.05, 4.69) is 27.5 Å². The number of piperidine rings is 1. The van der Waals surface area contributed by atoms with Crippen LogP contribution in [0.15, 0.2) is 41.4 Å². The topological polar surface area (TPSA) is 114 Å². The van der Waals surface area contributed by atoms with Gasteiger partial charge in [-0.15, -0.1) is 0 Å². The molecule has 0 aliphatic carbocycles. The normalized spacial score (nSPS) is 18.4. The first kappa shape index (κ1) is 28.5. The molecule has 1 aromatic carbocycles. The third kappa shape index (κ3) is 6.92. The molecule has 0 saturated carbocycles. The van der Waals surface area contributed by atoms with Gasteiger partial charge in [0, 0.05) is 25.4 Å². The van der Waals surface area contributed by atoms with Crippen molar-refractivity contribution < 1.29 is 30.7 Å². The number of pyridine rings is 1. The number of hydrogen-bond acceptors (Lipinski definition) is 7. The van der Waals surface area contributed by atoms with Crippen molar-refractivity contribution in [2.24, 2.45) is 5.14 Å². The second-order valence-corrected chi connectivity index (χ2v) is 10.8. The summed E-state index contributed by atoms with van der Waals surface area (Å²) in [6.07, 6.45) is -4.90. The molecule has 1 fully saturated rings. The Labute approximate surface area is 223 Å². The second-order valence-electron chi connectivity index (χ2n) is 9.19. The second kappa shape index (κ2) is 11.3. The third-order valence-electron chi connectivity index (χ3n) is 6.28. The summed E-state index contributed by atoms with van der Waals surface area (Å²) in [5.74, 6) is 5.66. The van der Waals surface area contributed by atoms with Crippen molar-refractivity contribution in [1.29, 1.82) is 0 Å². The zero-order chi connectivity index (χ0) is 28.4. The van der Waals surface area contributed by atoms with E-state index < -0.39 is 34.8 Å². The average Bonchev–Trinajstić information content (AvgIpc) is 3.19. The molecule has 2 aromatic heterocycles. The predicted octanol–water partition coefficient (Wildman–Crippen LogP) is 3.01. The summed E-state index contributed by atoms with van der Waals surface area (Å²) in [7, 11) is -0.752. The van der Waals surface area contributed by atoms with Gasteiger partial charge in [-0.2, -0.15) is 13.2 Å². The fourth-order valence-electron chi connectivity index (χ4n) is 4.37. The first-order valence-electron chi connectivity index (χ1n) is 11.9. The molecule has 210 valence electrons. The predicted molar refractivity (Wildman–Crippen MR) is 139 cm³/mol. The minimum Gasteiger partial charge on any atom is -0.495 e. The van der Waals surface area contributed by atoms with E-state index in [1.165, 1.54) is 35.9 Å². The highest BCUT2D eigenvalue weighted by Gasteiger charge is 2.32. The molecule has 0 unspecified atom stereocenters. The number of nitrogens with two attached hydrogens (primary N) is 1. The Bertz CT molecular complexity index is 1510. The highest BCUT2D eigenvalue weighted by Crippen LogP contribution is 2.29. The van der Waals surface area contributed by atoms with Crippen LogP contribution in [0.5, 0.6) is 5.75 Å². The van der Waals surface area contributed by atoms with E-state index >= 15 is 0 Å². The SMILES string of the molecule is COc1cc(S(N)(=O)=O)ccc1NCC#Cc1nc2c(N[C@@H]3CCN(C)C[C@@H]3F)cccn2c1CC(F)(F)F. The smallest absolute Gasteiger partial charge is 0.394 e. The minimum atomic E-state index is -4.51. The van der Waals surface area contributed by atoms with Crippen molar-refractivity contribution in [1.82, 2.24) is 14.3 Å². The minimum absolute atomic E-state index is 0.00532. The number of ether oxygens (including phenoxy) is 1. The van der Waals surface area contributed by atoms with Crippen molar-refractivity contribution in [2.75, 3.05) is 44.4 Å². The van der Waals surface area contributed by atoms with Crippen LogP contribution in [-0.4, -0.2) is 74.9 Å². The number of benzene rings is 1. The lowest BCUT2D eigenvalue weighted by atomic mass is 10.0. The van der Waals surface area contributed by atoms with Crippen LogP contribution in [0.3, 0.4) is 0 Å². The van der Waals surface area contributed by atoms with Crippen molar-refractivity contribution in [2.45, 2.75) is 36.1 Å². The number of halogens is 4. The Hall–Kier alpha value is -3.54. The number of anilines is 2. The fourth-order valence-corrected chi connectivity index (χ4v) is 4.90. The van der Waals surface area contributed by atoms with Crippen LogP contribution >= 0.6 is 0 Å². The van der Waals surface area contributed by atoms with E-state index in [4.69, 9.17) is 9.88 Å². The standard InChI is InChI=1S/C25H28F4N6O3S/c1-34-12-9-18(17(26)15-34)32-21-6-4-11-35-22(14-25(27,28)29)19(33-24(21)35)5-3-10-31-20-8-7-16(39(30,36)37)13-23(20)38-2/h4,6-8,11,13,17-18,31-32H,9-10,12,14-15H2,1-2H3,(H2,30,36,37)/t17-,18+/m0/s1.